The van der Waals surface area contributed by atoms with Crippen molar-refractivity contribution in [3.63, 3.8) is 0 Å². The van der Waals surface area contributed by atoms with E-state index in [0.717, 1.165) is 24.3 Å². The summed E-state index contributed by atoms with van der Waals surface area (Å²) >= 11 is 5.84. The fourth-order valence-corrected chi connectivity index (χ4v) is 2.10. The summed E-state index contributed by atoms with van der Waals surface area (Å²) in [5.41, 5.74) is 2.37. The van der Waals surface area contributed by atoms with Crippen molar-refractivity contribution >= 4 is 23.2 Å². The minimum absolute atomic E-state index is 0.149. The van der Waals surface area contributed by atoms with Gasteiger partial charge in [-0.3, -0.25) is 9.78 Å². The molecule has 0 unspecified atom stereocenters. The Balaban J connectivity index is 1.90. The number of halogens is 1. The number of carbonyl (C=O) groups is 1. The molecule has 122 valence electrons. The van der Waals surface area contributed by atoms with Crippen LogP contribution in [0.4, 0.5) is 5.69 Å². The molecule has 0 radical (unpaired) electrons. The summed E-state index contributed by atoms with van der Waals surface area (Å²) in [4.78, 5) is 18.4. The molecule has 0 aliphatic heterocycles. The lowest BCUT2D eigenvalue weighted by Gasteiger charge is -2.12. The number of aromatic nitrogens is 1. The fraction of sp³-hybridized carbons (Fsp3) is 0.294. The summed E-state index contributed by atoms with van der Waals surface area (Å²) in [5, 5.41) is 6.81. The minimum atomic E-state index is -0.149. The third-order valence-electron chi connectivity index (χ3n) is 3.25. The van der Waals surface area contributed by atoms with Crippen molar-refractivity contribution in [3.8, 4) is 0 Å². The molecule has 0 spiro atoms. The molecule has 0 fully saturated rings. The third kappa shape index (κ3) is 5.88. The van der Waals surface area contributed by atoms with Crippen LogP contribution in [-0.4, -0.2) is 43.0 Å². The summed E-state index contributed by atoms with van der Waals surface area (Å²) < 4.78 is 0. The van der Waals surface area contributed by atoms with E-state index in [1.165, 1.54) is 0 Å². The van der Waals surface area contributed by atoms with Crippen molar-refractivity contribution in [3.05, 3.63) is 58.9 Å². The molecule has 0 saturated carbocycles. The lowest BCUT2D eigenvalue weighted by atomic mass is 10.2. The largest absolute Gasteiger partial charge is 0.382 e. The number of likely N-dealkylation sites (N-methyl/N-ethyl adjacent to an activating group) is 1. The van der Waals surface area contributed by atoms with Crippen molar-refractivity contribution < 1.29 is 4.79 Å². The number of hydrogen-bond acceptors (Lipinski definition) is 4. The number of hydrogen-bond donors (Lipinski definition) is 2. The zero-order valence-electron chi connectivity index (χ0n) is 13.3. The molecule has 6 heteroatoms. The average molecular weight is 333 g/mol. The maximum absolute atomic E-state index is 12.2. The van der Waals surface area contributed by atoms with E-state index < -0.39 is 0 Å². The summed E-state index contributed by atoms with van der Waals surface area (Å²) in [6, 6.07) is 9.19. The zero-order chi connectivity index (χ0) is 16.7. The Kier molecular flexibility index (Phi) is 6.38. The highest BCUT2D eigenvalue weighted by atomic mass is 35.5. The molecule has 1 amide bonds. The lowest BCUT2D eigenvalue weighted by molar-refractivity contribution is 0.0950. The average Bonchev–Trinajstić information content (AvgIpc) is 2.54. The Hall–Kier alpha value is -2.11. The normalized spacial score (nSPS) is 10.6. The van der Waals surface area contributed by atoms with Gasteiger partial charge in [-0.05, 0) is 37.9 Å². The van der Waals surface area contributed by atoms with Crippen molar-refractivity contribution in [2.45, 2.75) is 6.54 Å². The van der Waals surface area contributed by atoms with Crippen LogP contribution in [0.1, 0.15) is 15.9 Å². The van der Waals surface area contributed by atoms with E-state index in [4.69, 9.17) is 11.6 Å². The van der Waals surface area contributed by atoms with E-state index in [-0.39, 0.29) is 5.91 Å². The maximum atomic E-state index is 12.2. The molecule has 23 heavy (non-hydrogen) atoms. The van der Waals surface area contributed by atoms with E-state index in [9.17, 15) is 4.79 Å². The quantitative estimate of drug-likeness (QED) is 0.818. The second kappa shape index (κ2) is 8.50. The van der Waals surface area contributed by atoms with Crippen LogP contribution in [0.5, 0.6) is 0 Å². The van der Waals surface area contributed by atoms with Gasteiger partial charge in [0.15, 0.2) is 0 Å². The second-order valence-corrected chi connectivity index (χ2v) is 5.94. The molecule has 2 rings (SSSR count). The van der Waals surface area contributed by atoms with Gasteiger partial charge in [0.1, 0.15) is 0 Å². The molecule has 1 heterocycles. The zero-order valence-corrected chi connectivity index (χ0v) is 14.1. The molecule has 1 aromatic carbocycles. The number of nitrogens with zero attached hydrogens (tertiary/aromatic N) is 2. The monoisotopic (exact) mass is 332 g/mol. The number of carbonyl (C=O) groups excluding carboxylic acids is 1. The van der Waals surface area contributed by atoms with Crippen LogP contribution in [0.25, 0.3) is 0 Å². The first kappa shape index (κ1) is 17.2. The minimum Gasteiger partial charge on any atom is -0.382 e. The first-order valence-electron chi connectivity index (χ1n) is 7.41. The Bertz CT molecular complexity index is 643. The van der Waals surface area contributed by atoms with Gasteiger partial charge in [0.05, 0.1) is 11.3 Å². The van der Waals surface area contributed by atoms with Gasteiger partial charge in [-0.15, -0.1) is 0 Å². The Morgan fingerprint density at radius 3 is 2.65 bits per heavy atom. The number of nitrogens with one attached hydrogen (secondary N) is 2. The molecular formula is C17H21ClN4O. The highest BCUT2D eigenvalue weighted by Gasteiger charge is 2.07. The Morgan fingerprint density at radius 1 is 1.22 bits per heavy atom. The van der Waals surface area contributed by atoms with Gasteiger partial charge in [0, 0.05) is 37.1 Å². The number of rotatable bonds is 7. The molecule has 1 aromatic heterocycles. The van der Waals surface area contributed by atoms with Crippen LogP contribution in [0.2, 0.25) is 5.02 Å². The van der Waals surface area contributed by atoms with Crippen molar-refractivity contribution in [1.82, 2.24) is 15.2 Å². The number of anilines is 1. The van der Waals surface area contributed by atoms with Crippen LogP contribution < -0.4 is 10.6 Å². The summed E-state index contributed by atoms with van der Waals surface area (Å²) in [6.07, 6.45) is 3.28. The third-order valence-corrected chi connectivity index (χ3v) is 3.51. The molecule has 0 bridgehead atoms. The van der Waals surface area contributed by atoms with Crippen LogP contribution in [0.15, 0.2) is 42.7 Å². The van der Waals surface area contributed by atoms with Gasteiger partial charge in [-0.25, -0.2) is 0 Å². The lowest BCUT2D eigenvalue weighted by Crippen LogP contribution is -2.23. The van der Waals surface area contributed by atoms with Gasteiger partial charge in [-0.2, -0.15) is 0 Å². The van der Waals surface area contributed by atoms with Gasteiger partial charge in [0.25, 0.3) is 5.91 Å². The number of benzene rings is 1. The molecule has 0 saturated heterocycles. The standard InChI is InChI=1S/C17H21ClN4O/c1-22(2)8-7-20-16-9-14(11-19-12-16)17(23)21-10-13-3-5-15(18)6-4-13/h3-6,9,11-12,20H,7-8,10H2,1-2H3,(H,21,23). The SMILES string of the molecule is CN(C)CCNc1cncc(C(=O)NCc2ccc(Cl)cc2)c1. The van der Waals surface area contributed by atoms with E-state index in [0.29, 0.717) is 17.1 Å². The first-order chi connectivity index (χ1) is 11.0. The van der Waals surface area contributed by atoms with Gasteiger partial charge in [-0.1, -0.05) is 23.7 Å². The van der Waals surface area contributed by atoms with Crippen molar-refractivity contribution in [2.75, 3.05) is 32.5 Å². The fourth-order valence-electron chi connectivity index (χ4n) is 1.97. The van der Waals surface area contributed by atoms with Gasteiger partial charge >= 0.3 is 0 Å². The van der Waals surface area contributed by atoms with Gasteiger partial charge in [0.2, 0.25) is 0 Å². The molecule has 0 atom stereocenters. The Morgan fingerprint density at radius 2 is 1.96 bits per heavy atom. The predicted molar refractivity (Wildman–Crippen MR) is 93.9 cm³/mol. The molecular weight excluding hydrogens is 312 g/mol. The Labute approximate surface area is 141 Å². The highest BCUT2D eigenvalue weighted by Crippen LogP contribution is 2.11. The summed E-state index contributed by atoms with van der Waals surface area (Å²) in [6.45, 7) is 2.16. The van der Waals surface area contributed by atoms with E-state index >= 15 is 0 Å². The highest BCUT2D eigenvalue weighted by molar-refractivity contribution is 6.30. The molecule has 0 aliphatic rings. The van der Waals surface area contributed by atoms with Crippen LogP contribution >= 0.6 is 11.6 Å². The molecule has 2 aromatic rings. The summed E-state index contributed by atoms with van der Waals surface area (Å²) in [5.74, 6) is -0.149. The number of pyridine rings is 1. The molecule has 0 aliphatic carbocycles. The van der Waals surface area contributed by atoms with Crippen LogP contribution in [0.3, 0.4) is 0 Å². The van der Waals surface area contributed by atoms with E-state index in [1.54, 1.807) is 30.6 Å². The van der Waals surface area contributed by atoms with E-state index in [1.807, 2.05) is 26.2 Å². The van der Waals surface area contributed by atoms with E-state index in [2.05, 4.69) is 20.5 Å². The van der Waals surface area contributed by atoms with Crippen molar-refractivity contribution in [2.24, 2.45) is 0 Å². The first-order valence-corrected chi connectivity index (χ1v) is 7.78. The molecule has 2 N–H and O–H groups in total. The number of amides is 1. The van der Waals surface area contributed by atoms with Crippen LogP contribution in [-0.2, 0) is 6.54 Å². The predicted octanol–water partition coefficient (Wildman–Crippen LogP) is 2.64. The van der Waals surface area contributed by atoms with Gasteiger partial charge < -0.3 is 15.5 Å². The maximum Gasteiger partial charge on any atom is 0.253 e. The summed E-state index contributed by atoms with van der Waals surface area (Å²) in [7, 11) is 4.03. The topological polar surface area (TPSA) is 57.3 Å². The second-order valence-electron chi connectivity index (χ2n) is 5.50. The smallest absolute Gasteiger partial charge is 0.253 e. The van der Waals surface area contributed by atoms with Crippen molar-refractivity contribution in [1.29, 1.82) is 0 Å². The van der Waals surface area contributed by atoms with Crippen LogP contribution in [0, 0.1) is 0 Å². The molecule has 5 nitrogen and oxygen atoms in total.